The smallest absolute Gasteiger partial charge is 0.415 e. The van der Waals surface area contributed by atoms with Gasteiger partial charge in [0.15, 0.2) is 24.3 Å². The first-order chi connectivity index (χ1) is 13.0. The Bertz CT molecular complexity index is 747. The molecule has 0 bridgehead atoms. The molecule has 0 radical (unpaired) electrons. The summed E-state index contributed by atoms with van der Waals surface area (Å²) in [5, 5.41) is 2.33. The Morgan fingerprint density at radius 1 is 0.889 bits per heavy atom. The lowest BCUT2D eigenvalue weighted by Gasteiger charge is -2.18. The van der Waals surface area contributed by atoms with E-state index in [0.29, 0.717) is 17.2 Å². The first kappa shape index (κ1) is 20.1. The Morgan fingerprint density at radius 3 is 2.11 bits per heavy atom. The highest BCUT2D eigenvalue weighted by molar-refractivity contribution is 5.75. The topological polar surface area (TPSA) is 83.1 Å². The number of hydrogen-bond acceptors (Lipinski definition) is 6. The number of amides is 1. The third kappa shape index (κ3) is 6.89. The molecular weight excluding hydrogens is 350 g/mol. The number of nitrogens with one attached hydrogen (secondary N) is 1. The highest BCUT2D eigenvalue weighted by atomic mass is 16.6. The van der Waals surface area contributed by atoms with E-state index in [4.69, 9.17) is 18.9 Å². The Hall–Kier alpha value is -3.22. The molecule has 2 rings (SSSR count). The molecule has 7 heteroatoms. The fraction of sp³-hybridized carbons (Fsp3) is 0.300. The van der Waals surface area contributed by atoms with Crippen molar-refractivity contribution in [2.75, 3.05) is 6.73 Å². The predicted molar refractivity (Wildman–Crippen MR) is 98.9 cm³/mol. The standard InChI is InChI=1S/C20H23NO6/c1-14(2)25-17-11-7-8-12-18(17)26-15(3)19(22)24-13-21-20(23)27-16-9-5-4-6-10-16/h4-12,14-15H,13H2,1-3H3,(H,21,23). The first-order valence-corrected chi connectivity index (χ1v) is 8.55. The van der Waals surface area contributed by atoms with Gasteiger partial charge >= 0.3 is 12.1 Å². The molecule has 2 aromatic carbocycles. The molecule has 7 nitrogen and oxygen atoms in total. The third-order valence-electron chi connectivity index (χ3n) is 3.23. The van der Waals surface area contributed by atoms with Crippen molar-refractivity contribution in [1.82, 2.24) is 5.32 Å². The number of esters is 1. The number of para-hydroxylation sites is 3. The van der Waals surface area contributed by atoms with Crippen molar-refractivity contribution in [3.05, 3.63) is 54.6 Å². The Morgan fingerprint density at radius 2 is 1.48 bits per heavy atom. The Labute approximate surface area is 158 Å². The van der Waals surface area contributed by atoms with Gasteiger partial charge in [0, 0.05) is 0 Å². The zero-order chi connectivity index (χ0) is 19.6. The largest absolute Gasteiger partial charge is 0.487 e. The van der Waals surface area contributed by atoms with Crippen LogP contribution in [0.2, 0.25) is 0 Å². The first-order valence-electron chi connectivity index (χ1n) is 8.55. The van der Waals surface area contributed by atoms with Crippen molar-refractivity contribution < 1.29 is 28.5 Å². The van der Waals surface area contributed by atoms with E-state index in [1.165, 1.54) is 0 Å². The van der Waals surface area contributed by atoms with Crippen LogP contribution in [0.15, 0.2) is 54.6 Å². The molecule has 144 valence electrons. The van der Waals surface area contributed by atoms with E-state index < -0.39 is 18.2 Å². The molecule has 27 heavy (non-hydrogen) atoms. The summed E-state index contributed by atoms with van der Waals surface area (Å²) in [7, 11) is 0. The van der Waals surface area contributed by atoms with E-state index in [2.05, 4.69) is 5.32 Å². The predicted octanol–water partition coefficient (Wildman–Crippen LogP) is 3.53. The number of hydrogen-bond donors (Lipinski definition) is 1. The molecular formula is C20H23NO6. The van der Waals surface area contributed by atoms with E-state index in [0.717, 1.165) is 0 Å². The SMILES string of the molecule is CC(C)Oc1ccccc1OC(C)C(=O)OCNC(=O)Oc1ccccc1. The van der Waals surface area contributed by atoms with E-state index in [1.54, 1.807) is 55.5 Å². The summed E-state index contributed by atoms with van der Waals surface area (Å²) in [6.45, 7) is 5.02. The highest BCUT2D eigenvalue weighted by Gasteiger charge is 2.19. The summed E-state index contributed by atoms with van der Waals surface area (Å²) < 4.78 is 21.3. The van der Waals surface area contributed by atoms with Gasteiger partial charge in [-0.3, -0.25) is 5.32 Å². The molecule has 1 amide bonds. The van der Waals surface area contributed by atoms with Gasteiger partial charge in [-0.25, -0.2) is 9.59 Å². The van der Waals surface area contributed by atoms with Crippen LogP contribution in [0.3, 0.4) is 0 Å². The van der Waals surface area contributed by atoms with Crippen molar-refractivity contribution >= 4 is 12.1 Å². The monoisotopic (exact) mass is 373 g/mol. The van der Waals surface area contributed by atoms with Crippen LogP contribution in [0.25, 0.3) is 0 Å². The molecule has 0 fully saturated rings. The van der Waals surface area contributed by atoms with Gasteiger partial charge in [-0.05, 0) is 45.0 Å². The van der Waals surface area contributed by atoms with E-state index in [9.17, 15) is 9.59 Å². The summed E-state index contributed by atoms with van der Waals surface area (Å²) in [6, 6.07) is 15.6. The van der Waals surface area contributed by atoms with Gasteiger partial charge in [-0.15, -0.1) is 0 Å². The van der Waals surface area contributed by atoms with Crippen LogP contribution in [0.5, 0.6) is 17.2 Å². The number of ether oxygens (including phenoxy) is 4. The number of carbonyl (C=O) groups is 2. The van der Waals surface area contributed by atoms with Crippen LogP contribution in [0.1, 0.15) is 20.8 Å². The molecule has 2 aromatic rings. The van der Waals surface area contributed by atoms with Crippen LogP contribution >= 0.6 is 0 Å². The number of rotatable bonds is 8. The summed E-state index contributed by atoms with van der Waals surface area (Å²) in [5.41, 5.74) is 0. The van der Waals surface area contributed by atoms with Crippen LogP contribution in [0, 0.1) is 0 Å². The van der Waals surface area contributed by atoms with Crippen molar-refractivity contribution in [3.8, 4) is 17.2 Å². The molecule has 0 aliphatic carbocycles. The zero-order valence-corrected chi connectivity index (χ0v) is 15.5. The molecule has 0 heterocycles. The maximum Gasteiger partial charge on any atom is 0.415 e. The second kappa shape index (κ2) is 10.1. The second-order valence-electron chi connectivity index (χ2n) is 5.86. The van der Waals surface area contributed by atoms with Crippen molar-refractivity contribution in [2.45, 2.75) is 33.0 Å². The van der Waals surface area contributed by atoms with Gasteiger partial charge in [0.2, 0.25) is 0 Å². The minimum Gasteiger partial charge on any atom is -0.487 e. The van der Waals surface area contributed by atoms with Crippen LogP contribution < -0.4 is 19.5 Å². The Balaban J connectivity index is 1.78. The molecule has 0 spiro atoms. The van der Waals surface area contributed by atoms with Gasteiger partial charge in [-0.1, -0.05) is 30.3 Å². The van der Waals surface area contributed by atoms with Gasteiger partial charge in [-0.2, -0.15) is 0 Å². The maximum absolute atomic E-state index is 12.0. The third-order valence-corrected chi connectivity index (χ3v) is 3.23. The van der Waals surface area contributed by atoms with E-state index in [-0.39, 0.29) is 12.8 Å². The van der Waals surface area contributed by atoms with E-state index in [1.807, 2.05) is 19.9 Å². The molecule has 1 unspecified atom stereocenters. The zero-order valence-electron chi connectivity index (χ0n) is 15.5. The molecule has 1 atom stereocenters. The summed E-state index contributed by atoms with van der Waals surface area (Å²) in [4.78, 5) is 23.7. The average Bonchev–Trinajstić information content (AvgIpc) is 2.63. The number of carbonyl (C=O) groups excluding carboxylic acids is 2. The molecule has 0 aromatic heterocycles. The van der Waals surface area contributed by atoms with Crippen LogP contribution in [-0.4, -0.2) is 31.0 Å². The normalized spacial score (nSPS) is 11.4. The van der Waals surface area contributed by atoms with E-state index >= 15 is 0 Å². The van der Waals surface area contributed by atoms with Crippen molar-refractivity contribution in [1.29, 1.82) is 0 Å². The van der Waals surface area contributed by atoms with Gasteiger partial charge in [0.1, 0.15) is 5.75 Å². The molecule has 1 N–H and O–H groups in total. The highest BCUT2D eigenvalue weighted by Crippen LogP contribution is 2.28. The van der Waals surface area contributed by atoms with Gasteiger partial charge < -0.3 is 18.9 Å². The summed E-state index contributed by atoms with van der Waals surface area (Å²) in [6.07, 6.45) is -1.64. The molecule has 0 aliphatic heterocycles. The van der Waals surface area contributed by atoms with Gasteiger partial charge in [0.25, 0.3) is 0 Å². The fourth-order valence-electron chi connectivity index (χ4n) is 2.05. The Kier molecular flexibility index (Phi) is 7.49. The van der Waals surface area contributed by atoms with Crippen LogP contribution in [0.4, 0.5) is 4.79 Å². The maximum atomic E-state index is 12.0. The molecule has 0 saturated carbocycles. The minimum absolute atomic E-state index is 0.0307. The minimum atomic E-state index is -0.881. The summed E-state index contributed by atoms with van der Waals surface area (Å²) >= 11 is 0. The molecule has 0 aliphatic rings. The lowest BCUT2D eigenvalue weighted by Crippen LogP contribution is -2.34. The quantitative estimate of drug-likeness (QED) is 0.563. The second-order valence-corrected chi connectivity index (χ2v) is 5.86. The fourth-order valence-corrected chi connectivity index (χ4v) is 2.05. The lowest BCUT2D eigenvalue weighted by molar-refractivity contribution is -0.151. The van der Waals surface area contributed by atoms with Gasteiger partial charge in [0.05, 0.1) is 6.10 Å². The van der Waals surface area contributed by atoms with Crippen LogP contribution in [-0.2, 0) is 9.53 Å². The van der Waals surface area contributed by atoms with Crippen molar-refractivity contribution in [2.24, 2.45) is 0 Å². The average molecular weight is 373 g/mol. The molecule has 0 saturated heterocycles. The van der Waals surface area contributed by atoms with Crippen molar-refractivity contribution in [3.63, 3.8) is 0 Å². The number of benzene rings is 2. The summed E-state index contributed by atoms with van der Waals surface area (Å²) in [5.74, 6) is 0.734. The lowest BCUT2D eigenvalue weighted by atomic mass is 10.3.